The number of carbonyl (C=O) groups is 5. The Morgan fingerprint density at radius 3 is 1.30 bits per heavy atom. The van der Waals surface area contributed by atoms with E-state index in [0.29, 0.717) is 115 Å². The lowest BCUT2D eigenvalue weighted by Gasteiger charge is -2.22. The second kappa shape index (κ2) is 52.5. The third-order valence-electron chi connectivity index (χ3n) is 19.9. The number of carboxylic acids is 1. The fraction of sp³-hybridized carbons (Fsp3) is 0.628. The van der Waals surface area contributed by atoms with Crippen molar-refractivity contribution in [3.63, 3.8) is 0 Å². The highest BCUT2D eigenvalue weighted by atomic mass is 79.9. The van der Waals surface area contributed by atoms with Crippen molar-refractivity contribution < 1.29 is 81.2 Å². The molecule has 0 saturated carbocycles. The maximum atomic E-state index is 12.3. The SMILES string of the molecule is CCOC(=O)/C=C/C1=C(Cl)CCCC1.CCOC(=O)c1cc2c([nH]1)CCCC2.CCOC(=O)c1cc2c(n1CC(OCC)OCC)CCCC2.CCOC(CBr)OCC.CCOC(Cn1c(C(=O)O)cc2c1CCCC2)OCC.CCOC(Cn1c(C(N)=O)cc2c1CCCC2)OCC.O=c1[nH]ccn2c3c(cc12)CCCC3. The van der Waals surface area contributed by atoms with Crippen LogP contribution >= 0.6 is 27.5 Å². The number of primary amides is 1. The van der Waals surface area contributed by atoms with Crippen molar-refractivity contribution in [2.45, 2.75) is 275 Å². The Kier molecular flexibility index (Phi) is 44.0. The van der Waals surface area contributed by atoms with Crippen LogP contribution in [0.15, 0.2) is 70.3 Å². The topological polar surface area (TPSA) is 301 Å². The summed E-state index contributed by atoms with van der Waals surface area (Å²) in [4.78, 5) is 75.1. The number of hydrogen-bond acceptors (Lipinski definition) is 17. The number of allylic oxidation sites excluding steroid dienone is 3. The molecule has 0 saturated heterocycles. The molecule has 6 aromatic rings. The first-order chi connectivity index (χ1) is 54.8. The van der Waals surface area contributed by atoms with Crippen molar-refractivity contribution in [1.82, 2.24) is 28.1 Å². The molecule has 0 bridgehead atoms. The molecule has 113 heavy (non-hydrogen) atoms. The van der Waals surface area contributed by atoms with Gasteiger partial charge < -0.3 is 91.0 Å². The first-order valence-electron chi connectivity index (χ1n) is 41.4. The number of fused-ring (bicyclic) bond motifs is 7. The zero-order valence-electron chi connectivity index (χ0n) is 69.1. The molecule has 27 heteroatoms. The van der Waals surface area contributed by atoms with Gasteiger partial charge in [-0.1, -0.05) is 33.6 Å². The van der Waals surface area contributed by atoms with Gasteiger partial charge in [0.2, 0.25) is 0 Å². The third kappa shape index (κ3) is 29.8. The van der Waals surface area contributed by atoms with E-state index in [-0.39, 0.29) is 54.5 Å². The van der Waals surface area contributed by atoms with E-state index in [1.54, 1.807) is 19.2 Å². The summed E-state index contributed by atoms with van der Waals surface area (Å²) in [7, 11) is 0. The minimum Gasteiger partial charge on any atom is -0.477 e. The molecule has 0 fully saturated rings. The van der Waals surface area contributed by atoms with Crippen molar-refractivity contribution in [2.24, 2.45) is 5.73 Å². The van der Waals surface area contributed by atoms with Crippen LogP contribution in [0.2, 0.25) is 0 Å². The Balaban J connectivity index is 0.000000208. The Morgan fingerprint density at radius 2 is 0.858 bits per heavy atom. The summed E-state index contributed by atoms with van der Waals surface area (Å²) in [5.41, 5.74) is 22.0. The summed E-state index contributed by atoms with van der Waals surface area (Å²) in [6.45, 7) is 28.5. The predicted molar refractivity (Wildman–Crippen MR) is 442 cm³/mol. The van der Waals surface area contributed by atoms with Crippen LogP contribution in [0.25, 0.3) is 5.52 Å². The monoisotopic (exact) mass is 1660 g/mol. The van der Waals surface area contributed by atoms with Crippen LogP contribution in [-0.4, -0.2) is 166 Å². The molecule has 0 spiro atoms. The number of carbonyl (C=O) groups excluding carboxylic acids is 4. The Morgan fingerprint density at radius 1 is 0.469 bits per heavy atom. The fourth-order valence-corrected chi connectivity index (χ4v) is 15.5. The van der Waals surface area contributed by atoms with Gasteiger partial charge in [0, 0.05) is 105 Å². The fourth-order valence-electron chi connectivity index (χ4n) is 14.9. The van der Waals surface area contributed by atoms with Gasteiger partial charge in [0.25, 0.3) is 11.5 Å². The van der Waals surface area contributed by atoms with Crippen LogP contribution in [0.3, 0.4) is 0 Å². The van der Waals surface area contributed by atoms with Gasteiger partial charge in [0.1, 0.15) is 28.3 Å². The summed E-state index contributed by atoms with van der Waals surface area (Å²) < 4.78 is 66.7. The second-order valence-corrected chi connectivity index (χ2v) is 28.7. The number of aromatic carboxylic acids is 1. The van der Waals surface area contributed by atoms with E-state index in [1.807, 2.05) is 124 Å². The normalized spacial score (nSPS) is 14.7. The summed E-state index contributed by atoms with van der Waals surface area (Å²) in [6, 6.07) is 9.71. The first kappa shape index (κ1) is 94.7. The zero-order valence-corrected chi connectivity index (χ0v) is 71.4. The van der Waals surface area contributed by atoms with E-state index < -0.39 is 5.97 Å². The number of aromatic nitrogens is 6. The summed E-state index contributed by atoms with van der Waals surface area (Å²) in [6.07, 6.45) is 32.2. The molecule has 12 rings (SSSR count). The standard InChI is InChI=1S/C17H27NO4.C15H24N2O3.C15H23NO4.C11H15ClO2.C11H12N2O.C11H15NO2.C6H13BrO2/c1-4-20-16(21-5-2)12-18-14-10-8-7-9-13(14)11-15(18)17(19)22-6-3;1-3-19-14(20-4-2)10-17-12-8-6-5-7-11(12)9-13(17)15(16)18;1-3-19-14(20-4-2)10-16-12-8-6-5-7-11(12)9-13(16)15(17)18;1-2-14-11(13)8-7-9-5-3-4-6-10(9)12;14-11-10-7-8-3-1-2-4-9(8)13(10)6-5-12-11;1-2-14-11(13)10-7-8-5-3-4-6-9(8)12-10;1-3-8-6(5-7)9-4-2/h11,16H,4-10,12H2,1-3H3;9,14H,3-8,10H2,1-2H3,(H2,16,18);9,14H,3-8,10H2,1-2H3,(H,17,18);7-8H,2-6H2,1H3;5-7H,1-4H2,(H,12,14);7,12H,2-6H2,1H3;6H,3-5H2,1-2H3/b;;;8-7+;;;. The molecule has 5 N–H and O–H groups in total. The number of hydrogen-bond donors (Lipinski definition) is 4. The number of halogens is 2. The average Bonchev–Trinajstić information content (AvgIpc) is 1.67. The maximum Gasteiger partial charge on any atom is 0.354 e. The highest BCUT2D eigenvalue weighted by Crippen LogP contribution is 2.32. The lowest BCUT2D eigenvalue weighted by atomic mass is 9.98. The number of amides is 1. The number of nitrogens with two attached hydrogens (primary N) is 1. The highest BCUT2D eigenvalue weighted by Gasteiger charge is 2.28. The van der Waals surface area contributed by atoms with Crippen molar-refractivity contribution in [3.8, 4) is 0 Å². The van der Waals surface area contributed by atoms with Gasteiger partial charge >= 0.3 is 23.9 Å². The molecule has 6 aliphatic carbocycles. The Hall–Kier alpha value is -7.11. The number of aromatic amines is 2. The number of nitrogens with zero attached hydrogens (tertiary/aromatic N) is 4. The van der Waals surface area contributed by atoms with Crippen LogP contribution in [0, 0.1) is 0 Å². The van der Waals surface area contributed by atoms with Crippen LogP contribution in [0.1, 0.15) is 264 Å². The van der Waals surface area contributed by atoms with E-state index in [0.717, 1.165) is 143 Å². The van der Waals surface area contributed by atoms with Crippen LogP contribution < -0.4 is 11.3 Å². The zero-order chi connectivity index (χ0) is 82.0. The van der Waals surface area contributed by atoms with Crippen LogP contribution in [-0.2, 0) is 141 Å². The molecule has 0 atom stereocenters. The third-order valence-corrected chi connectivity index (χ3v) is 20.9. The number of carboxylic acid groups (broad SMARTS) is 1. The van der Waals surface area contributed by atoms with Gasteiger partial charge in [-0.25, -0.2) is 19.2 Å². The Labute approximate surface area is 682 Å². The van der Waals surface area contributed by atoms with Gasteiger partial charge in [-0.3, -0.25) is 9.59 Å². The van der Waals surface area contributed by atoms with Gasteiger partial charge in [-0.15, -0.1) is 0 Å². The second-order valence-electron chi connectivity index (χ2n) is 27.6. The van der Waals surface area contributed by atoms with Crippen molar-refractivity contribution >= 4 is 62.8 Å². The molecule has 25 nitrogen and oxygen atoms in total. The van der Waals surface area contributed by atoms with Gasteiger partial charge in [-0.05, 0) is 294 Å². The minimum atomic E-state index is -0.883. The molecule has 0 radical (unpaired) electrons. The van der Waals surface area contributed by atoms with Crippen LogP contribution in [0.5, 0.6) is 0 Å². The molecule has 6 aliphatic rings. The number of alkyl halides is 1. The predicted octanol–water partition coefficient (Wildman–Crippen LogP) is 15.8. The number of esters is 3. The maximum absolute atomic E-state index is 12.3. The van der Waals surface area contributed by atoms with E-state index in [1.165, 1.54) is 95.2 Å². The highest BCUT2D eigenvalue weighted by molar-refractivity contribution is 9.09. The van der Waals surface area contributed by atoms with Gasteiger partial charge in [0.05, 0.1) is 44.8 Å². The molecule has 630 valence electrons. The summed E-state index contributed by atoms with van der Waals surface area (Å²) in [5.74, 6) is -2.06. The largest absolute Gasteiger partial charge is 0.477 e. The van der Waals surface area contributed by atoms with Crippen LogP contribution in [0.4, 0.5) is 0 Å². The molecule has 0 aromatic carbocycles. The van der Waals surface area contributed by atoms with Crippen molar-refractivity contribution in [2.75, 3.05) is 78.0 Å². The van der Waals surface area contributed by atoms with Gasteiger partial charge in [0.15, 0.2) is 25.2 Å². The van der Waals surface area contributed by atoms with E-state index in [2.05, 4.69) is 25.9 Å². The summed E-state index contributed by atoms with van der Waals surface area (Å²) in [5, 5.41) is 11.0. The molecule has 6 aromatic heterocycles. The number of aryl methyl sites for hydroxylation is 7. The quantitative estimate of drug-likeness (QED) is 0.0100. The number of rotatable bonds is 32. The molecule has 6 heterocycles. The molecule has 0 aliphatic heterocycles. The molecule has 1 amide bonds. The lowest BCUT2D eigenvalue weighted by Crippen LogP contribution is -2.28. The van der Waals surface area contributed by atoms with Gasteiger partial charge in [-0.2, -0.15) is 0 Å². The number of ether oxygens (including phenoxy) is 11. The van der Waals surface area contributed by atoms with Crippen molar-refractivity contribution in [1.29, 1.82) is 0 Å². The Bertz CT molecular complexity index is 3860. The number of nitrogens with one attached hydrogen (secondary N) is 2. The molecular weight excluding hydrogens is 1530 g/mol. The molecule has 0 unspecified atom stereocenters. The molecular formula is C86H129BrClN7O18. The summed E-state index contributed by atoms with van der Waals surface area (Å²) >= 11 is 9.29. The van der Waals surface area contributed by atoms with Crippen molar-refractivity contribution in [3.05, 3.63) is 155 Å². The number of H-pyrrole nitrogens is 2. The average molecular weight is 1660 g/mol. The van der Waals surface area contributed by atoms with E-state index in [4.69, 9.17) is 69.4 Å². The smallest absolute Gasteiger partial charge is 0.354 e. The first-order valence-corrected chi connectivity index (χ1v) is 42.9. The van der Waals surface area contributed by atoms with E-state index in [9.17, 15) is 33.9 Å². The van der Waals surface area contributed by atoms with E-state index >= 15 is 0 Å². The lowest BCUT2D eigenvalue weighted by molar-refractivity contribution is -0.144. The minimum absolute atomic E-state index is 0.0156.